The molecule has 2 rings (SSSR count). The van der Waals surface area contributed by atoms with Gasteiger partial charge in [-0.25, -0.2) is 12.8 Å². The molecule has 1 N–H and O–H groups in total. The van der Waals surface area contributed by atoms with Gasteiger partial charge >= 0.3 is 0 Å². The van der Waals surface area contributed by atoms with Gasteiger partial charge in [0.1, 0.15) is 5.82 Å². The largest absolute Gasteiger partial charge is 0.350 e. The average molecular weight is 407 g/mol. The summed E-state index contributed by atoms with van der Waals surface area (Å²) in [5.74, 6) is -0.412. The predicted octanol–water partition coefficient (Wildman–Crippen LogP) is 3.67. The van der Waals surface area contributed by atoms with Crippen LogP contribution in [0.3, 0.4) is 0 Å². The maximum atomic E-state index is 12.9. The highest BCUT2D eigenvalue weighted by Crippen LogP contribution is 2.19. The first kappa shape index (κ1) is 22.0. The summed E-state index contributed by atoms with van der Waals surface area (Å²) in [7, 11) is -3.49. The Bertz CT molecular complexity index is 877. The van der Waals surface area contributed by atoms with E-state index in [9.17, 15) is 17.6 Å². The van der Waals surface area contributed by atoms with Crippen LogP contribution in [0.15, 0.2) is 53.4 Å². The molecule has 152 valence electrons. The van der Waals surface area contributed by atoms with Crippen LogP contribution in [0.5, 0.6) is 0 Å². The second-order valence-corrected chi connectivity index (χ2v) is 8.51. The number of nitrogens with one attached hydrogen (secondary N) is 1. The number of sulfonamides is 1. The number of benzene rings is 2. The highest BCUT2D eigenvalue weighted by Gasteiger charge is 2.21. The van der Waals surface area contributed by atoms with Crippen molar-refractivity contribution in [3.63, 3.8) is 0 Å². The van der Waals surface area contributed by atoms with Crippen LogP contribution in [0.4, 0.5) is 4.39 Å². The minimum absolute atomic E-state index is 0.114. The van der Waals surface area contributed by atoms with Gasteiger partial charge in [0.15, 0.2) is 0 Å². The molecule has 2 aromatic rings. The molecule has 0 aromatic heterocycles. The summed E-state index contributed by atoms with van der Waals surface area (Å²) in [6.45, 7) is 6.30. The van der Waals surface area contributed by atoms with Crippen molar-refractivity contribution in [1.82, 2.24) is 9.62 Å². The summed E-state index contributed by atoms with van der Waals surface area (Å²) in [6, 6.07) is 12.4. The van der Waals surface area contributed by atoms with Crippen molar-refractivity contribution in [1.29, 1.82) is 0 Å². The first-order valence-corrected chi connectivity index (χ1v) is 10.9. The van der Waals surface area contributed by atoms with Gasteiger partial charge in [-0.1, -0.05) is 38.1 Å². The molecule has 0 spiro atoms. The third kappa shape index (κ3) is 5.62. The monoisotopic (exact) mass is 406 g/mol. The van der Waals surface area contributed by atoms with Gasteiger partial charge in [-0.05, 0) is 48.7 Å². The van der Waals surface area contributed by atoms with E-state index in [4.69, 9.17) is 0 Å². The number of hydrogen-bond acceptors (Lipinski definition) is 3. The third-order valence-electron chi connectivity index (χ3n) is 4.65. The third-order valence-corrected chi connectivity index (χ3v) is 6.72. The molecule has 0 saturated carbocycles. The molecule has 0 unspecified atom stereocenters. The van der Waals surface area contributed by atoms with Crippen molar-refractivity contribution in [2.45, 2.75) is 44.6 Å². The molecule has 7 heteroatoms. The van der Waals surface area contributed by atoms with E-state index in [-0.39, 0.29) is 22.7 Å². The Kier molecular flexibility index (Phi) is 7.71. The fraction of sp³-hybridized carbons (Fsp3) is 0.381. The number of carbonyl (C=O) groups excluding carboxylic acids is 1. The fourth-order valence-electron chi connectivity index (χ4n) is 2.95. The van der Waals surface area contributed by atoms with E-state index < -0.39 is 10.0 Å². The summed E-state index contributed by atoms with van der Waals surface area (Å²) in [5.41, 5.74) is 1.73. The minimum atomic E-state index is -3.49. The summed E-state index contributed by atoms with van der Waals surface area (Å²) in [6.07, 6.45) is 0.824. The van der Waals surface area contributed by atoms with Crippen molar-refractivity contribution in [2.75, 3.05) is 13.1 Å². The summed E-state index contributed by atoms with van der Waals surface area (Å²) >= 11 is 0. The van der Waals surface area contributed by atoms with Gasteiger partial charge in [0.2, 0.25) is 15.9 Å². The molecule has 5 nitrogen and oxygen atoms in total. The second kappa shape index (κ2) is 9.80. The Morgan fingerprint density at radius 2 is 1.61 bits per heavy atom. The van der Waals surface area contributed by atoms with Gasteiger partial charge in [-0.15, -0.1) is 0 Å². The smallest absolute Gasteiger partial charge is 0.243 e. The SMILES string of the molecule is CCN(CC)S(=O)(=O)c1ccc([C@H](C)NC(=O)CCc2ccc(F)cc2)cc1. The van der Waals surface area contributed by atoms with Crippen LogP contribution in [0, 0.1) is 5.82 Å². The van der Waals surface area contributed by atoms with Crippen molar-refractivity contribution in [3.05, 3.63) is 65.5 Å². The van der Waals surface area contributed by atoms with Crippen molar-refractivity contribution < 1.29 is 17.6 Å². The van der Waals surface area contributed by atoms with E-state index in [1.807, 2.05) is 6.92 Å². The number of aryl methyl sites for hydroxylation is 1. The van der Waals surface area contributed by atoms with E-state index >= 15 is 0 Å². The molecule has 0 heterocycles. The number of carbonyl (C=O) groups is 1. The predicted molar refractivity (Wildman–Crippen MR) is 108 cm³/mol. The number of rotatable bonds is 9. The Hall–Kier alpha value is -2.25. The molecule has 1 amide bonds. The number of halogens is 1. The summed E-state index contributed by atoms with van der Waals surface area (Å²) < 4.78 is 39.4. The molecule has 0 bridgehead atoms. The van der Waals surface area contributed by atoms with Gasteiger partial charge in [0.25, 0.3) is 0 Å². The number of nitrogens with zero attached hydrogens (tertiary/aromatic N) is 1. The Balaban J connectivity index is 1.95. The van der Waals surface area contributed by atoms with Gasteiger partial charge in [0, 0.05) is 19.5 Å². The van der Waals surface area contributed by atoms with Crippen molar-refractivity contribution in [2.24, 2.45) is 0 Å². The topological polar surface area (TPSA) is 66.5 Å². The Morgan fingerprint density at radius 3 is 2.14 bits per heavy atom. The van der Waals surface area contributed by atoms with Crippen LogP contribution < -0.4 is 5.32 Å². The maximum Gasteiger partial charge on any atom is 0.243 e. The summed E-state index contributed by atoms with van der Waals surface area (Å²) in [4.78, 5) is 12.4. The number of amides is 1. The zero-order chi connectivity index (χ0) is 20.7. The lowest BCUT2D eigenvalue weighted by atomic mass is 10.1. The minimum Gasteiger partial charge on any atom is -0.350 e. The van der Waals surface area contributed by atoms with E-state index in [0.29, 0.717) is 25.9 Å². The van der Waals surface area contributed by atoms with E-state index in [1.54, 1.807) is 50.2 Å². The summed E-state index contributed by atoms with van der Waals surface area (Å²) in [5, 5.41) is 2.91. The lowest BCUT2D eigenvalue weighted by molar-refractivity contribution is -0.121. The molecule has 1 atom stereocenters. The van der Waals surface area contributed by atoms with Crippen LogP contribution in [0.2, 0.25) is 0 Å². The lowest BCUT2D eigenvalue weighted by Gasteiger charge is -2.19. The molecule has 28 heavy (non-hydrogen) atoms. The second-order valence-electron chi connectivity index (χ2n) is 6.57. The molecule has 0 fully saturated rings. The molecule has 0 saturated heterocycles. The van der Waals surface area contributed by atoms with Gasteiger partial charge in [0.05, 0.1) is 10.9 Å². The van der Waals surface area contributed by atoms with E-state index in [0.717, 1.165) is 11.1 Å². The van der Waals surface area contributed by atoms with E-state index in [2.05, 4.69) is 5.32 Å². The quantitative estimate of drug-likeness (QED) is 0.691. The average Bonchev–Trinajstić information content (AvgIpc) is 2.68. The van der Waals surface area contributed by atoms with Crippen molar-refractivity contribution in [3.8, 4) is 0 Å². The van der Waals surface area contributed by atoms with Crippen LogP contribution in [0.25, 0.3) is 0 Å². The van der Waals surface area contributed by atoms with Gasteiger partial charge < -0.3 is 5.32 Å². The maximum absolute atomic E-state index is 12.9. The van der Waals surface area contributed by atoms with Gasteiger partial charge in [-0.2, -0.15) is 4.31 Å². The Labute approximate surface area is 166 Å². The molecular weight excluding hydrogens is 379 g/mol. The molecule has 0 aliphatic carbocycles. The molecule has 2 aromatic carbocycles. The highest BCUT2D eigenvalue weighted by atomic mass is 32.2. The molecular formula is C21H27FN2O3S. The first-order valence-electron chi connectivity index (χ1n) is 9.41. The Morgan fingerprint density at radius 1 is 1.04 bits per heavy atom. The first-order chi connectivity index (χ1) is 13.3. The zero-order valence-corrected chi connectivity index (χ0v) is 17.3. The highest BCUT2D eigenvalue weighted by molar-refractivity contribution is 7.89. The van der Waals surface area contributed by atoms with Crippen LogP contribution in [0.1, 0.15) is 44.4 Å². The van der Waals surface area contributed by atoms with E-state index in [1.165, 1.54) is 16.4 Å². The normalized spacial score (nSPS) is 12.8. The molecule has 0 radical (unpaired) electrons. The standard InChI is InChI=1S/C21H27FN2O3S/c1-4-24(5-2)28(26,27)20-13-9-18(10-14-20)16(3)23-21(25)15-8-17-6-11-19(22)12-7-17/h6-7,9-14,16H,4-5,8,15H2,1-3H3,(H,23,25)/t16-/m0/s1. The zero-order valence-electron chi connectivity index (χ0n) is 16.5. The van der Waals surface area contributed by atoms with Crippen LogP contribution >= 0.6 is 0 Å². The number of hydrogen-bond donors (Lipinski definition) is 1. The molecule has 0 aliphatic heterocycles. The molecule has 0 aliphatic rings. The van der Waals surface area contributed by atoms with Gasteiger partial charge in [-0.3, -0.25) is 4.79 Å². The lowest BCUT2D eigenvalue weighted by Crippen LogP contribution is -2.30. The fourth-order valence-corrected chi connectivity index (χ4v) is 4.40. The van der Waals surface area contributed by atoms with Crippen LogP contribution in [-0.2, 0) is 21.2 Å². The van der Waals surface area contributed by atoms with Crippen molar-refractivity contribution >= 4 is 15.9 Å². The van der Waals surface area contributed by atoms with Crippen LogP contribution in [-0.4, -0.2) is 31.7 Å².